The third-order valence-corrected chi connectivity index (χ3v) is 6.97. The van der Waals surface area contributed by atoms with E-state index in [9.17, 15) is 19.3 Å². The van der Waals surface area contributed by atoms with Gasteiger partial charge in [0.15, 0.2) is 6.23 Å². The summed E-state index contributed by atoms with van der Waals surface area (Å²) in [6.45, 7) is 3.98. The highest BCUT2D eigenvalue weighted by molar-refractivity contribution is 7.52. The minimum atomic E-state index is -4.33. The van der Waals surface area contributed by atoms with Gasteiger partial charge in [-0.15, -0.1) is 0 Å². The number of hydrogen-bond acceptors (Lipinski definition) is 10. The second-order valence-corrected chi connectivity index (χ2v) is 10.5. The molecule has 0 amide bonds. The van der Waals surface area contributed by atoms with E-state index in [1.165, 1.54) is 25.1 Å². The Labute approximate surface area is 211 Å². The van der Waals surface area contributed by atoms with Gasteiger partial charge in [0.25, 0.3) is 5.13 Å². The van der Waals surface area contributed by atoms with Crippen molar-refractivity contribution in [3.8, 4) is 5.75 Å². The van der Waals surface area contributed by atoms with Gasteiger partial charge in [-0.1, -0.05) is 29.8 Å². The summed E-state index contributed by atoms with van der Waals surface area (Å²) in [5, 5.41) is 9.94. The molecule has 3 rings (SSSR count). The predicted molar refractivity (Wildman–Crippen MR) is 127 cm³/mol. The number of carbonyl (C=O) groups is 1. The van der Waals surface area contributed by atoms with E-state index in [1.807, 2.05) is 0 Å². The van der Waals surface area contributed by atoms with Crippen LogP contribution in [0, 0.1) is 0 Å². The Kier molecular flexibility index (Phi) is 8.75. The average Bonchev–Trinajstić information content (AvgIpc) is 3.01. The molecule has 1 fully saturated rings. The largest absolute Gasteiger partial charge is 0.462 e. The van der Waals surface area contributed by atoms with Crippen LogP contribution in [-0.4, -0.2) is 56.7 Å². The van der Waals surface area contributed by atoms with Gasteiger partial charge in [-0.05, 0) is 39.0 Å². The van der Waals surface area contributed by atoms with E-state index in [-0.39, 0.29) is 11.6 Å². The highest BCUT2D eigenvalue weighted by Crippen LogP contribution is 2.48. The number of para-hydroxylation sites is 1. The second kappa shape index (κ2) is 11.2. The van der Waals surface area contributed by atoms with Crippen LogP contribution in [0.4, 0.5) is 10.2 Å². The Hall–Kier alpha value is -2.54. The van der Waals surface area contributed by atoms with Crippen molar-refractivity contribution >= 4 is 31.1 Å². The summed E-state index contributed by atoms with van der Waals surface area (Å²) in [5.41, 5.74) is 4.48. The van der Waals surface area contributed by atoms with Crippen LogP contribution in [0.3, 0.4) is 0 Å². The molecule has 0 spiro atoms. The summed E-state index contributed by atoms with van der Waals surface area (Å²) in [4.78, 5) is 27.9. The third kappa shape index (κ3) is 6.61. The van der Waals surface area contributed by atoms with Crippen molar-refractivity contribution in [1.29, 1.82) is 0 Å². The molecule has 0 radical (unpaired) electrons. The van der Waals surface area contributed by atoms with Gasteiger partial charge in [-0.3, -0.25) is 13.9 Å². The number of alkyl halides is 2. The van der Waals surface area contributed by atoms with Crippen LogP contribution in [-0.2, 0) is 23.4 Å². The Morgan fingerprint density at radius 3 is 2.64 bits per heavy atom. The third-order valence-electron chi connectivity index (χ3n) is 4.92. The summed E-state index contributed by atoms with van der Waals surface area (Å²) in [7, 11) is -4.33. The molecule has 1 aliphatic heterocycles. The summed E-state index contributed by atoms with van der Waals surface area (Å²) in [6, 6.07) is 8.03. The van der Waals surface area contributed by atoms with Crippen molar-refractivity contribution in [3.63, 3.8) is 0 Å². The minimum absolute atomic E-state index is 0.108. The zero-order valence-electron chi connectivity index (χ0n) is 19.6. The number of carbonyl (C=O) groups excluding carboxylic acids is 1. The molecule has 2 aromatic rings. The number of aliphatic hydroxyl groups is 1. The topological polar surface area (TPSA) is 164 Å². The van der Waals surface area contributed by atoms with Crippen molar-refractivity contribution in [2.75, 3.05) is 12.3 Å². The number of halogens is 2. The fourth-order valence-electron chi connectivity index (χ4n) is 3.22. The number of nitrogens with one attached hydrogen (secondary N) is 1. The SMILES string of the molecule is CC(C)OC(=O)C(C)NP(=O)(OCC1OC(n2ccc(N)nc2=O)C(F)(Cl)C1O)Oc1ccccc1. The van der Waals surface area contributed by atoms with Crippen LogP contribution in [0.2, 0.25) is 0 Å². The lowest BCUT2D eigenvalue weighted by Crippen LogP contribution is -2.41. The molecule has 6 atom stereocenters. The van der Waals surface area contributed by atoms with Crippen LogP contribution < -0.4 is 21.0 Å². The zero-order valence-corrected chi connectivity index (χ0v) is 21.3. The van der Waals surface area contributed by atoms with Gasteiger partial charge in [-0.2, -0.15) is 10.1 Å². The van der Waals surface area contributed by atoms with Crippen LogP contribution >= 0.6 is 19.3 Å². The first-order valence-electron chi connectivity index (χ1n) is 10.9. The van der Waals surface area contributed by atoms with Crippen molar-refractivity contribution in [1.82, 2.24) is 14.6 Å². The van der Waals surface area contributed by atoms with Crippen molar-refractivity contribution in [2.24, 2.45) is 0 Å². The number of rotatable bonds is 10. The van der Waals surface area contributed by atoms with Gasteiger partial charge in [0, 0.05) is 6.20 Å². The Morgan fingerprint density at radius 1 is 1.36 bits per heavy atom. The molecule has 0 aliphatic carbocycles. The first-order valence-corrected chi connectivity index (χ1v) is 12.8. The summed E-state index contributed by atoms with van der Waals surface area (Å²) < 4.78 is 51.0. The maximum absolute atomic E-state index is 15.2. The van der Waals surface area contributed by atoms with E-state index >= 15 is 4.39 Å². The number of benzene rings is 1. The summed E-state index contributed by atoms with van der Waals surface area (Å²) in [5.74, 6) is -0.689. The van der Waals surface area contributed by atoms with E-state index in [1.54, 1.807) is 32.0 Å². The molecule has 0 bridgehead atoms. The van der Waals surface area contributed by atoms with Crippen molar-refractivity contribution in [2.45, 2.75) is 56.5 Å². The quantitative estimate of drug-likeness (QED) is 0.226. The number of nitrogens with zero attached hydrogens (tertiary/aromatic N) is 2. The summed E-state index contributed by atoms with van der Waals surface area (Å²) in [6.07, 6.45) is -4.62. The number of hydrogen-bond donors (Lipinski definition) is 3. The standard InChI is InChI=1S/C21H27ClFN4O8P/c1-12(2)33-18(29)13(3)26-36(31,35-14-7-5-4-6-8-14)32-11-15-17(28)21(22,23)19(34-15)27-10-9-16(24)25-20(27)30/h4-10,12-13,15,17,19,28H,11H2,1-3H3,(H,26,31)(H2,24,25,30). The Bertz CT molecular complexity index is 1170. The Balaban J connectivity index is 1.79. The lowest BCUT2D eigenvalue weighted by molar-refractivity contribution is -0.149. The van der Waals surface area contributed by atoms with Gasteiger partial charge >= 0.3 is 19.4 Å². The monoisotopic (exact) mass is 548 g/mol. The number of nitrogens with two attached hydrogens (primary N) is 1. The second-order valence-electron chi connectivity index (χ2n) is 8.22. The zero-order chi connectivity index (χ0) is 26.7. The van der Waals surface area contributed by atoms with Crippen molar-refractivity contribution in [3.05, 3.63) is 53.1 Å². The highest BCUT2D eigenvalue weighted by atomic mass is 35.5. The van der Waals surface area contributed by atoms with Crippen LogP contribution in [0.25, 0.3) is 0 Å². The van der Waals surface area contributed by atoms with Gasteiger partial charge in [0.1, 0.15) is 29.8 Å². The predicted octanol–water partition coefficient (Wildman–Crippen LogP) is 2.12. The molecule has 15 heteroatoms. The fourth-order valence-corrected chi connectivity index (χ4v) is 5.02. The maximum atomic E-state index is 15.2. The minimum Gasteiger partial charge on any atom is -0.462 e. The molecule has 1 aliphatic rings. The van der Waals surface area contributed by atoms with Gasteiger partial charge in [-0.25, -0.2) is 13.8 Å². The van der Waals surface area contributed by atoms with E-state index in [0.29, 0.717) is 0 Å². The van der Waals surface area contributed by atoms with Gasteiger partial charge in [0.2, 0.25) is 0 Å². The fraction of sp³-hybridized carbons (Fsp3) is 0.476. The number of aliphatic hydroxyl groups excluding tert-OH is 1. The molecule has 198 valence electrons. The first-order chi connectivity index (χ1) is 16.8. The van der Waals surface area contributed by atoms with E-state index in [0.717, 1.165) is 10.8 Å². The number of ether oxygens (including phenoxy) is 2. The highest BCUT2D eigenvalue weighted by Gasteiger charge is 2.58. The molecule has 1 saturated heterocycles. The van der Waals surface area contributed by atoms with Crippen LogP contribution in [0.1, 0.15) is 27.0 Å². The molecule has 1 aromatic carbocycles. The van der Waals surface area contributed by atoms with Crippen LogP contribution in [0.5, 0.6) is 5.75 Å². The Morgan fingerprint density at radius 2 is 2.03 bits per heavy atom. The molecule has 0 saturated carbocycles. The number of aromatic nitrogens is 2. The lowest BCUT2D eigenvalue weighted by Gasteiger charge is -2.25. The molecule has 4 N–H and O–H groups in total. The van der Waals surface area contributed by atoms with Crippen molar-refractivity contribution < 1.29 is 37.4 Å². The smallest absolute Gasteiger partial charge is 0.459 e. The molecule has 36 heavy (non-hydrogen) atoms. The molecule has 6 unspecified atom stereocenters. The molecule has 2 heterocycles. The van der Waals surface area contributed by atoms with Gasteiger partial charge in [0.05, 0.1) is 12.7 Å². The molecular formula is C21H27ClFN4O8P. The molecule has 1 aromatic heterocycles. The maximum Gasteiger partial charge on any atom is 0.459 e. The normalized spacial score (nSPS) is 26.4. The summed E-state index contributed by atoms with van der Waals surface area (Å²) >= 11 is 5.89. The lowest BCUT2D eigenvalue weighted by atomic mass is 10.1. The van der Waals surface area contributed by atoms with E-state index < -0.39 is 61.7 Å². The first kappa shape index (κ1) is 28.0. The average molecular weight is 549 g/mol. The number of nitrogen functional groups attached to an aromatic ring is 1. The van der Waals surface area contributed by atoms with Crippen LogP contribution in [0.15, 0.2) is 47.4 Å². The number of anilines is 1. The van der Waals surface area contributed by atoms with E-state index in [2.05, 4.69) is 10.1 Å². The number of esters is 1. The van der Waals surface area contributed by atoms with Gasteiger partial charge < -0.3 is 24.8 Å². The van der Waals surface area contributed by atoms with E-state index in [4.69, 9.17) is 35.9 Å². The molecule has 12 nitrogen and oxygen atoms in total. The molecular weight excluding hydrogens is 522 g/mol.